The number of methoxy groups -OCH3 is 1. The molecular weight excluding hydrogens is 144 g/mol. The van der Waals surface area contributed by atoms with Crippen molar-refractivity contribution in [2.45, 2.75) is 26.7 Å². The van der Waals surface area contributed by atoms with Gasteiger partial charge in [0.05, 0.1) is 7.11 Å². The van der Waals surface area contributed by atoms with E-state index in [1.165, 1.54) is 7.11 Å². The Morgan fingerprint density at radius 3 is 2.36 bits per heavy atom. The maximum Gasteiger partial charge on any atom is 0.374 e. The van der Waals surface area contributed by atoms with Gasteiger partial charge in [0.25, 0.3) is 0 Å². The summed E-state index contributed by atoms with van der Waals surface area (Å²) >= 11 is 0. The fourth-order valence-electron chi connectivity index (χ4n) is 0.658. The Bertz CT molecular complexity index is 151. The second kappa shape index (κ2) is 4.88. The zero-order valence-corrected chi connectivity index (χ0v) is 7.22. The Labute approximate surface area is 66.7 Å². The van der Waals surface area contributed by atoms with E-state index >= 15 is 0 Å². The number of Topliss-reactive ketones (excluding diaryl/α,β-unsaturated/α-hetero) is 1. The summed E-state index contributed by atoms with van der Waals surface area (Å²) in [6, 6.07) is 0. The van der Waals surface area contributed by atoms with Gasteiger partial charge in [-0.3, -0.25) is 4.79 Å². The third-order valence-electron chi connectivity index (χ3n) is 1.64. The van der Waals surface area contributed by atoms with E-state index < -0.39 is 11.8 Å². The lowest BCUT2D eigenvalue weighted by Crippen LogP contribution is -2.17. The molecule has 3 nitrogen and oxygen atoms in total. The molecule has 64 valence electrons. The first-order chi connectivity index (χ1) is 5.11. The molecule has 0 rings (SSSR count). The van der Waals surface area contributed by atoms with E-state index in [9.17, 15) is 9.59 Å². The highest BCUT2D eigenvalue weighted by molar-refractivity contribution is 6.33. The van der Waals surface area contributed by atoms with Gasteiger partial charge in [-0.25, -0.2) is 4.79 Å². The van der Waals surface area contributed by atoms with Crippen LogP contribution in [0.25, 0.3) is 0 Å². The molecule has 0 aliphatic heterocycles. The molecule has 11 heavy (non-hydrogen) atoms. The van der Waals surface area contributed by atoms with Crippen molar-refractivity contribution in [3.63, 3.8) is 0 Å². The minimum absolute atomic E-state index is 0.265. The van der Waals surface area contributed by atoms with Crippen LogP contribution < -0.4 is 0 Å². The fourth-order valence-corrected chi connectivity index (χ4v) is 0.658. The van der Waals surface area contributed by atoms with Crippen LogP contribution in [-0.4, -0.2) is 18.9 Å². The molecule has 0 aromatic rings. The molecule has 1 unspecified atom stereocenters. The summed E-state index contributed by atoms with van der Waals surface area (Å²) in [7, 11) is 1.22. The summed E-state index contributed by atoms with van der Waals surface area (Å²) in [5.74, 6) is -0.895. The zero-order chi connectivity index (χ0) is 8.85. The van der Waals surface area contributed by atoms with Crippen molar-refractivity contribution in [2.75, 3.05) is 7.11 Å². The van der Waals surface area contributed by atoms with Crippen molar-refractivity contribution in [1.82, 2.24) is 0 Å². The number of ketones is 1. The van der Waals surface area contributed by atoms with Crippen molar-refractivity contribution in [3.8, 4) is 0 Å². The molecular formula is C8H14O3. The average molecular weight is 158 g/mol. The summed E-state index contributed by atoms with van der Waals surface area (Å²) < 4.78 is 4.27. The van der Waals surface area contributed by atoms with Crippen molar-refractivity contribution < 1.29 is 14.3 Å². The maximum absolute atomic E-state index is 10.9. The van der Waals surface area contributed by atoms with Gasteiger partial charge in [-0.2, -0.15) is 0 Å². The number of rotatable bonds is 4. The molecule has 0 saturated carbocycles. The number of ether oxygens (including phenoxy) is 1. The van der Waals surface area contributed by atoms with Crippen LogP contribution in [0.2, 0.25) is 0 Å². The Hall–Kier alpha value is -0.860. The molecule has 0 aliphatic carbocycles. The molecule has 0 aliphatic rings. The first-order valence-corrected chi connectivity index (χ1v) is 3.73. The van der Waals surface area contributed by atoms with Crippen LogP contribution in [0.3, 0.4) is 0 Å². The molecule has 0 fully saturated rings. The van der Waals surface area contributed by atoms with Gasteiger partial charge in [0.15, 0.2) is 0 Å². The van der Waals surface area contributed by atoms with Crippen molar-refractivity contribution in [2.24, 2.45) is 5.92 Å². The molecule has 1 atom stereocenters. The van der Waals surface area contributed by atoms with E-state index in [2.05, 4.69) is 4.74 Å². The number of carbonyl (C=O) groups is 2. The van der Waals surface area contributed by atoms with Gasteiger partial charge in [0.1, 0.15) is 0 Å². The Morgan fingerprint density at radius 2 is 2.00 bits per heavy atom. The predicted octanol–water partition coefficient (Wildman–Crippen LogP) is 1.16. The first-order valence-electron chi connectivity index (χ1n) is 3.73. The van der Waals surface area contributed by atoms with E-state index in [0.29, 0.717) is 6.42 Å². The number of hydrogen-bond acceptors (Lipinski definition) is 3. The Kier molecular flexibility index (Phi) is 4.50. The van der Waals surface area contributed by atoms with E-state index in [1.54, 1.807) is 0 Å². The largest absolute Gasteiger partial charge is 0.463 e. The van der Waals surface area contributed by atoms with Gasteiger partial charge < -0.3 is 4.74 Å². The number of hydrogen-bond donors (Lipinski definition) is 0. The minimum Gasteiger partial charge on any atom is -0.463 e. The van der Waals surface area contributed by atoms with Gasteiger partial charge in [-0.05, 0) is 5.92 Å². The molecule has 0 aromatic carbocycles. The lowest BCUT2D eigenvalue weighted by atomic mass is 10.0. The van der Waals surface area contributed by atoms with Crippen LogP contribution >= 0.6 is 0 Å². The first kappa shape index (κ1) is 10.1. The zero-order valence-electron chi connectivity index (χ0n) is 7.22. The van der Waals surface area contributed by atoms with E-state index in [0.717, 1.165) is 6.42 Å². The predicted molar refractivity (Wildman–Crippen MR) is 41.1 cm³/mol. The molecule has 0 amide bonds. The Morgan fingerprint density at radius 1 is 1.45 bits per heavy atom. The molecule has 0 aromatic heterocycles. The van der Waals surface area contributed by atoms with Crippen molar-refractivity contribution >= 4 is 11.8 Å². The average Bonchev–Trinajstić information content (AvgIpc) is 2.02. The molecule has 0 bridgehead atoms. The van der Waals surface area contributed by atoms with Crippen molar-refractivity contribution in [3.05, 3.63) is 0 Å². The summed E-state index contributed by atoms with van der Waals surface area (Å²) in [4.78, 5) is 21.5. The van der Waals surface area contributed by atoms with Gasteiger partial charge in [-0.1, -0.05) is 20.3 Å². The normalized spacial score (nSPS) is 12.3. The standard InChI is InChI=1S/C8H14O3/c1-4-6(2)5-7(9)8(10)11-3/h6H,4-5H2,1-3H3. The lowest BCUT2D eigenvalue weighted by molar-refractivity contribution is -0.152. The van der Waals surface area contributed by atoms with Crippen LogP contribution in [0, 0.1) is 5.92 Å². The van der Waals surface area contributed by atoms with Crippen molar-refractivity contribution in [1.29, 1.82) is 0 Å². The van der Waals surface area contributed by atoms with Gasteiger partial charge in [0.2, 0.25) is 5.78 Å². The summed E-state index contributed by atoms with van der Waals surface area (Å²) in [5.41, 5.74) is 0. The molecule has 0 spiro atoms. The highest BCUT2D eigenvalue weighted by Crippen LogP contribution is 2.06. The summed E-state index contributed by atoms with van der Waals surface area (Å²) in [6.45, 7) is 3.91. The highest BCUT2D eigenvalue weighted by atomic mass is 16.5. The van der Waals surface area contributed by atoms with Crippen LogP contribution in [0.4, 0.5) is 0 Å². The van der Waals surface area contributed by atoms with Gasteiger partial charge in [-0.15, -0.1) is 0 Å². The molecule has 3 heteroatoms. The molecule has 0 N–H and O–H groups in total. The van der Waals surface area contributed by atoms with Gasteiger partial charge in [0, 0.05) is 6.42 Å². The van der Waals surface area contributed by atoms with Crippen LogP contribution in [-0.2, 0) is 14.3 Å². The third kappa shape index (κ3) is 3.75. The van der Waals surface area contributed by atoms with Crippen LogP contribution in [0.15, 0.2) is 0 Å². The molecule has 0 saturated heterocycles. The van der Waals surface area contributed by atoms with E-state index in [-0.39, 0.29) is 5.92 Å². The second-order valence-corrected chi connectivity index (χ2v) is 2.63. The summed E-state index contributed by atoms with van der Waals surface area (Å²) in [6.07, 6.45) is 1.20. The quantitative estimate of drug-likeness (QED) is 0.455. The number of carbonyl (C=O) groups excluding carboxylic acids is 2. The monoisotopic (exact) mass is 158 g/mol. The van der Waals surface area contributed by atoms with Gasteiger partial charge >= 0.3 is 5.97 Å². The third-order valence-corrected chi connectivity index (χ3v) is 1.64. The SMILES string of the molecule is CCC(C)CC(=O)C(=O)OC. The maximum atomic E-state index is 10.9. The van der Waals surface area contributed by atoms with E-state index in [4.69, 9.17) is 0 Å². The van der Waals surface area contributed by atoms with Crippen LogP contribution in [0.5, 0.6) is 0 Å². The molecule has 0 radical (unpaired) electrons. The number of esters is 1. The molecule has 0 heterocycles. The fraction of sp³-hybridized carbons (Fsp3) is 0.750. The highest BCUT2D eigenvalue weighted by Gasteiger charge is 2.15. The Balaban J connectivity index is 3.77. The minimum atomic E-state index is -0.731. The van der Waals surface area contributed by atoms with Crippen LogP contribution in [0.1, 0.15) is 26.7 Å². The van der Waals surface area contributed by atoms with E-state index in [1.807, 2.05) is 13.8 Å². The summed E-state index contributed by atoms with van der Waals surface area (Å²) in [5, 5.41) is 0. The topological polar surface area (TPSA) is 43.4 Å². The second-order valence-electron chi connectivity index (χ2n) is 2.63. The smallest absolute Gasteiger partial charge is 0.374 e. The lowest BCUT2D eigenvalue weighted by Gasteiger charge is -2.04.